The number of aliphatic imine (C=N–C) groups is 1. The molecule has 4 bridgehead atoms. The van der Waals surface area contributed by atoms with Crippen molar-refractivity contribution in [1.29, 1.82) is 0 Å². The van der Waals surface area contributed by atoms with Gasteiger partial charge in [0.1, 0.15) is 11.4 Å². The smallest absolute Gasteiger partial charge is 0.277 e. The van der Waals surface area contributed by atoms with Crippen molar-refractivity contribution in [3.8, 4) is 11.8 Å². The van der Waals surface area contributed by atoms with Crippen LogP contribution in [0.3, 0.4) is 0 Å². The number of nitrogens with zero attached hydrogens (tertiary/aromatic N) is 2. The maximum absolute atomic E-state index is 13.1. The summed E-state index contributed by atoms with van der Waals surface area (Å²) in [6.07, 6.45) is 7.13. The number of nitrogens with one attached hydrogen (secondary N) is 2. The summed E-state index contributed by atoms with van der Waals surface area (Å²) in [6.45, 7) is 1.72. The highest BCUT2D eigenvalue weighted by Crippen LogP contribution is 2.39. The van der Waals surface area contributed by atoms with Crippen LogP contribution in [0.15, 0.2) is 28.1 Å². The van der Waals surface area contributed by atoms with Gasteiger partial charge in [0.15, 0.2) is 5.66 Å². The molecule has 3 heterocycles. The lowest BCUT2D eigenvalue weighted by atomic mass is 9.94. The number of carbonyl (C=O) groups excluding carboxylic acids is 1. The van der Waals surface area contributed by atoms with Gasteiger partial charge in [0.05, 0.1) is 16.9 Å². The number of fused-ring (bicyclic) bond motifs is 3. The molecule has 4 rings (SSSR count). The summed E-state index contributed by atoms with van der Waals surface area (Å²) in [6, 6.07) is 1.52. The van der Waals surface area contributed by atoms with E-state index in [4.69, 9.17) is 17.3 Å². The summed E-state index contributed by atoms with van der Waals surface area (Å²) in [4.78, 5) is 29.4. The first kappa shape index (κ1) is 16.7. The molecule has 1 saturated carbocycles. The summed E-state index contributed by atoms with van der Waals surface area (Å²) >= 11 is 6.33. The van der Waals surface area contributed by atoms with Crippen molar-refractivity contribution in [3.05, 3.63) is 39.4 Å². The highest BCUT2D eigenvalue weighted by atomic mass is 35.5. The number of nitrogens with two attached hydrogens (primary N) is 1. The molecule has 134 valence electrons. The minimum absolute atomic E-state index is 0.141. The van der Waals surface area contributed by atoms with E-state index in [0.717, 1.165) is 19.3 Å². The number of amides is 1. The Morgan fingerprint density at radius 2 is 2.27 bits per heavy atom. The van der Waals surface area contributed by atoms with E-state index in [1.165, 1.54) is 17.0 Å². The number of anilines is 1. The number of hydrogen-bond acceptors (Lipinski definition) is 4. The van der Waals surface area contributed by atoms with Crippen molar-refractivity contribution in [3.63, 3.8) is 0 Å². The molecule has 2 aliphatic heterocycles. The van der Waals surface area contributed by atoms with E-state index in [9.17, 15) is 9.59 Å². The van der Waals surface area contributed by atoms with Crippen LogP contribution in [0.5, 0.6) is 0 Å². The highest BCUT2D eigenvalue weighted by Gasteiger charge is 2.44. The van der Waals surface area contributed by atoms with Gasteiger partial charge >= 0.3 is 0 Å². The van der Waals surface area contributed by atoms with Gasteiger partial charge in [-0.05, 0) is 38.3 Å². The van der Waals surface area contributed by atoms with E-state index < -0.39 is 17.1 Å². The van der Waals surface area contributed by atoms with E-state index in [-0.39, 0.29) is 22.2 Å². The van der Waals surface area contributed by atoms with E-state index in [1.54, 1.807) is 13.1 Å². The van der Waals surface area contributed by atoms with Crippen LogP contribution in [0.2, 0.25) is 5.02 Å². The zero-order chi connectivity index (χ0) is 18.5. The van der Waals surface area contributed by atoms with Crippen molar-refractivity contribution < 1.29 is 4.79 Å². The molecule has 0 aromatic carbocycles. The van der Waals surface area contributed by atoms with Gasteiger partial charge in [-0.3, -0.25) is 14.2 Å². The molecule has 8 heteroatoms. The lowest BCUT2D eigenvalue weighted by Gasteiger charge is -2.30. The van der Waals surface area contributed by atoms with Gasteiger partial charge in [0.2, 0.25) is 0 Å². The third-order valence-corrected chi connectivity index (χ3v) is 5.48. The largest absolute Gasteiger partial charge is 0.390 e. The highest BCUT2D eigenvalue weighted by molar-refractivity contribution is 6.34. The Kier molecular flexibility index (Phi) is 3.63. The lowest BCUT2D eigenvalue weighted by Crippen LogP contribution is -2.45. The van der Waals surface area contributed by atoms with Crippen LogP contribution in [0.1, 0.15) is 36.7 Å². The van der Waals surface area contributed by atoms with Crippen LogP contribution in [0.4, 0.5) is 5.69 Å². The third kappa shape index (κ3) is 2.41. The molecule has 1 amide bonds. The Balaban J connectivity index is 1.94. The van der Waals surface area contributed by atoms with Crippen molar-refractivity contribution in [2.24, 2.45) is 16.6 Å². The van der Waals surface area contributed by atoms with Crippen LogP contribution in [-0.4, -0.2) is 22.4 Å². The molecule has 3 aliphatic rings. The van der Waals surface area contributed by atoms with E-state index in [2.05, 4.69) is 27.5 Å². The number of halogens is 1. The van der Waals surface area contributed by atoms with Gasteiger partial charge in [-0.2, -0.15) is 0 Å². The normalized spacial score (nSPS) is 31.6. The molecule has 1 aromatic rings. The molecular weight excluding hydrogens is 354 g/mol. The second-order valence-corrected chi connectivity index (χ2v) is 7.43. The minimum Gasteiger partial charge on any atom is -0.390 e. The summed E-state index contributed by atoms with van der Waals surface area (Å²) in [5.74, 6) is 6.09. The summed E-state index contributed by atoms with van der Waals surface area (Å²) in [7, 11) is 0. The van der Waals surface area contributed by atoms with Gasteiger partial charge in [-0.25, -0.2) is 4.99 Å². The Hall–Kier alpha value is -2.72. The van der Waals surface area contributed by atoms with Gasteiger partial charge in [0.25, 0.3) is 11.5 Å². The number of carbonyl (C=O) groups is 1. The zero-order valence-corrected chi connectivity index (χ0v) is 14.9. The lowest BCUT2D eigenvalue weighted by molar-refractivity contribution is 0.0946. The van der Waals surface area contributed by atoms with Crippen molar-refractivity contribution >= 4 is 29.5 Å². The summed E-state index contributed by atoms with van der Waals surface area (Å²) in [5, 5.41) is 6.34. The average molecular weight is 372 g/mol. The molecule has 26 heavy (non-hydrogen) atoms. The monoisotopic (exact) mass is 371 g/mol. The molecule has 0 spiro atoms. The quantitative estimate of drug-likeness (QED) is 0.415. The number of pyridine rings is 1. The molecular formula is C18H18ClN5O2. The SMILES string of the molecule is CC12C#CC3CCC(/C=C\N=C/N)(C3)Nc3cc(Cl)c(n1c3=O)C(=O)N2. The van der Waals surface area contributed by atoms with Crippen LogP contribution < -0.4 is 21.9 Å². The van der Waals surface area contributed by atoms with E-state index in [1.807, 2.05) is 6.08 Å². The molecule has 7 nitrogen and oxygen atoms in total. The molecule has 3 atom stereocenters. The molecule has 0 radical (unpaired) electrons. The average Bonchev–Trinajstić information content (AvgIpc) is 3.10. The van der Waals surface area contributed by atoms with Crippen LogP contribution in [0.25, 0.3) is 0 Å². The molecule has 1 aromatic heterocycles. The molecule has 4 N–H and O–H groups in total. The summed E-state index contributed by atoms with van der Waals surface area (Å²) < 4.78 is 1.35. The second-order valence-electron chi connectivity index (χ2n) is 7.03. The van der Waals surface area contributed by atoms with E-state index >= 15 is 0 Å². The van der Waals surface area contributed by atoms with Gasteiger partial charge < -0.3 is 16.4 Å². The fraction of sp³-hybridized carbons (Fsp3) is 0.389. The van der Waals surface area contributed by atoms with Crippen molar-refractivity contribution in [1.82, 2.24) is 9.88 Å². The Morgan fingerprint density at radius 1 is 1.46 bits per heavy atom. The minimum atomic E-state index is -1.10. The standard InChI is InChI=1S/C18H18ClN5O2/c1-17-4-2-11-3-5-18(9-11,6-7-21-10-20)22-13-8-12(19)14(15(25)23-17)24(17)16(13)26/h6-8,10-11,22H,3,5,9H2,1H3,(H2,20,21)(H,23,25)/b7-6-. The van der Waals surface area contributed by atoms with Gasteiger partial charge in [-0.15, -0.1) is 0 Å². The first-order valence-electron chi connectivity index (χ1n) is 8.38. The first-order chi connectivity index (χ1) is 12.4. The second kappa shape index (κ2) is 5.64. The number of rotatable bonds is 2. The predicted octanol–water partition coefficient (Wildman–Crippen LogP) is 1.39. The fourth-order valence-corrected chi connectivity index (χ4v) is 4.27. The molecule has 3 unspecified atom stereocenters. The predicted molar refractivity (Wildman–Crippen MR) is 100 cm³/mol. The van der Waals surface area contributed by atoms with Crippen LogP contribution >= 0.6 is 11.6 Å². The Labute approximate surface area is 155 Å². The zero-order valence-electron chi connectivity index (χ0n) is 14.2. The fourth-order valence-electron chi connectivity index (χ4n) is 3.99. The number of hydrogen-bond donors (Lipinski definition) is 3. The van der Waals surface area contributed by atoms with E-state index in [0.29, 0.717) is 5.69 Å². The molecule has 1 aliphatic carbocycles. The topological polar surface area (TPSA) is 102 Å². The van der Waals surface area contributed by atoms with Crippen LogP contribution in [-0.2, 0) is 5.66 Å². The molecule has 1 fully saturated rings. The molecule has 0 saturated heterocycles. The van der Waals surface area contributed by atoms with Crippen LogP contribution in [0, 0.1) is 17.8 Å². The summed E-state index contributed by atoms with van der Waals surface area (Å²) in [5.41, 5.74) is 3.89. The van der Waals surface area contributed by atoms with Crippen molar-refractivity contribution in [2.45, 2.75) is 37.4 Å². The maximum Gasteiger partial charge on any atom is 0.277 e. The maximum atomic E-state index is 13.1. The number of aromatic nitrogens is 1. The Bertz CT molecular complexity index is 986. The van der Waals surface area contributed by atoms with Gasteiger partial charge in [-0.1, -0.05) is 23.4 Å². The van der Waals surface area contributed by atoms with Gasteiger partial charge in [0, 0.05) is 12.1 Å². The first-order valence-corrected chi connectivity index (χ1v) is 8.76. The third-order valence-electron chi connectivity index (χ3n) is 5.19. The Morgan fingerprint density at radius 3 is 3.04 bits per heavy atom. The van der Waals surface area contributed by atoms with Crippen molar-refractivity contribution in [2.75, 3.05) is 5.32 Å².